The molecular formula is C17H23BrN4O4. The molecule has 1 aromatic rings. The van der Waals surface area contributed by atoms with Crippen LogP contribution < -0.4 is 15.5 Å². The minimum Gasteiger partial charge on any atom is -0.496 e. The maximum Gasteiger partial charge on any atom is 0.344 e. The summed E-state index contributed by atoms with van der Waals surface area (Å²) in [6.45, 7) is 3.89. The Balaban J connectivity index is 1.97. The van der Waals surface area contributed by atoms with Crippen molar-refractivity contribution < 1.29 is 19.1 Å². The minimum absolute atomic E-state index is 0.00949. The number of hydrogen-bond donors (Lipinski definition) is 2. The first-order valence-electron chi connectivity index (χ1n) is 8.17. The molecule has 1 heterocycles. The lowest BCUT2D eigenvalue weighted by Crippen LogP contribution is -2.50. The summed E-state index contributed by atoms with van der Waals surface area (Å²) in [6, 6.07) is 5.00. The van der Waals surface area contributed by atoms with Crippen molar-refractivity contribution in [2.75, 3.05) is 20.7 Å². The molecule has 1 fully saturated rings. The van der Waals surface area contributed by atoms with Gasteiger partial charge in [0.2, 0.25) is 0 Å². The molecule has 1 atom stereocenters. The second-order valence-corrected chi connectivity index (χ2v) is 7.34. The molecular weight excluding hydrogens is 404 g/mol. The third-order valence-electron chi connectivity index (χ3n) is 4.30. The lowest BCUT2D eigenvalue weighted by atomic mass is 10.00. The maximum atomic E-state index is 12.3. The van der Waals surface area contributed by atoms with Gasteiger partial charge in [0.05, 0.1) is 13.7 Å². The number of benzene rings is 1. The van der Waals surface area contributed by atoms with Crippen molar-refractivity contribution in [3.05, 3.63) is 28.2 Å². The number of nitrogens with zero attached hydrogens (tertiary/aromatic N) is 2. The predicted molar refractivity (Wildman–Crippen MR) is 99.2 cm³/mol. The Morgan fingerprint density at radius 2 is 2.12 bits per heavy atom. The number of hydrogen-bond acceptors (Lipinski definition) is 5. The summed E-state index contributed by atoms with van der Waals surface area (Å²) in [5.41, 5.74) is 2.30. The van der Waals surface area contributed by atoms with E-state index in [1.807, 2.05) is 18.2 Å². The summed E-state index contributed by atoms with van der Waals surface area (Å²) in [4.78, 5) is 38.2. The highest BCUT2D eigenvalue weighted by atomic mass is 79.9. The van der Waals surface area contributed by atoms with E-state index in [9.17, 15) is 14.4 Å². The number of urea groups is 1. The number of likely N-dealkylation sites (N-methyl/N-ethyl adjacent to an activating group) is 1. The van der Waals surface area contributed by atoms with E-state index in [0.717, 1.165) is 15.0 Å². The molecule has 1 aliphatic heterocycles. The van der Waals surface area contributed by atoms with Gasteiger partial charge in [-0.3, -0.25) is 19.9 Å². The van der Waals surface area contributed by atoms with Crippen LogP contribution in [0.4, 0.5) is 4.79 Å². The molecule has 2 N–H and O–H groups in total. The van der Waals surface area contributed by atoms with Crippen molar-refractivity contribution in [1.29, 1.82) is 0 Å². The molecule has 0 aromatic heterocycles. The average Bonchev–Trinajstić information content (AvgIpc) is 2.79. The van der Waals surface area contributed by atoms with Gasteiger partial charge in [0.25, 0.3) is 11.8 Å². The van der Waals surface area contributed by atoms with Gasteiger partial charge < -0.3 is 10.1 Å². The van der Waals surface area contributed by atoms with Gasteiger partial charge in [0.1, 0.15) is 11.3 Å². The number of hydrazine groups is 1. The van der Waals surface area contributed by atoms with Crippen LogP contribution in [0.2, 0.25) is 0 Å². The zero-order valence-corrected chi connectivity index (χ0v) is 16.8. The number of carbonyl (C=O) groups is 3. The smallest absolute Gasteiger partial charge is 0.344 e. The topological polar surface area (TPSA) is 91.0 Å². The van der Waals surface area contributed by atoms with Gasteiger partial charge in [0, 0.05) is 16.6 Å². The van der Waals surface area contributed by atoms with E-state index >= 15 is 0 Å². The normalized spacial score (nSPS) is 19.7. The fourth-order valence-corrected chi connectivity index (χ4v) is 3.06. The van der Waals surface area contributed by atoms with Gasteiger partial charge in [-0.2, -0.15) is 5.01 Å². The number of amides is 4. The van der Waals surface area contributed by atoms with E-state index in [2.05, 4.69) is 26.7 Å². The molecule has 0 saturated carbocycles. The molecule has 1 aromatic carbocycles. The maximum absolute atomic E-state index is 12.3. The molecule has 2 rings (SSSR count). The van der Waals surface area contributed by atoms with Gasteiger partial charge >= 0.3 is 6.03 Å². The molecule has 4 amide bonds. The molecule has 0 spiro atoms. The number of halogens is 1. The monoisotopic (exact) mass is 426 g/mol. The highest BCUT2D eigenvalue weighted by Gasteiger charge is 2.47. The van der Waals surface area contributed by atoms with E-state index in [4.69, 9.17) is 4.74 Å². The fourth-order valence-electron chi connectivity index (χ4n) is 2.65. The van der Waals surface area contributed by atoms with Crippen LogP contribution in [-0.2, 0) is 16.1 Å². The van der Waals surface area contributed by atoms with Crippen LogP contribution >= 0.6 is 15.9 Å². The number of imide groups is 1. The lowest BCUT2D eigenvalue weighted by molar-refractivity contribution is -0.139. The minimum atomic E-state index is -0.986. The summed E-state index contributed by atoms with van der Waals surface area (Å²) < 4.78 is 6.23. The third kappa shape index (κ3) is 4.34. The van der Waals surface area contributed by atoms with Crippen LogP contribution in [0.15, 0.2) is 22.7 Å². The van der Waals surface area contributed by atoms with Gasteiger partial charge in [-0.05, 0) is 38.6 Å². The first-order valence-corrected chi connectivity index (χ1v) is 8.96. The summed E-state index contributed by atoms with van der Waals surface area (Å²) in [6.07, 6.45) is 0.437. The Hall–Kier alpha value is -2.13. The van der Waals surface area contributed by atoms with Gasteiger partial charge in [-0.15, -0.1) is 0 Å². The Bertz CT molecular complexity index is 727. The molecule has 1 saturated heterocycles. The Morgan fingerprint density at radius 3 is 2.69 bits per heavy atom. The SMILES string of the molecule is CC[C@@]1(C)NC(=O)N(NC(=O)CN(C)Cc2cc(Br)ccc2OC)C1=O. The standard InChI is InChI=1S/C17H23BrN4O4/c1-5-17(2)15(24)22(16(25)19-17)20-14(23)10-21(3)9-11-8-12(18)6-7-13(11)26-4/h6-8H,5,9-10H2,1-4H3,(H,19,25)(H,20,23)/t17-/m1/s1. The van der Waals surface area contributed by atoms with Crippen molar-refractivity contribution in [2.45, 2.75) is 32.4 Å². The van der Waals surface area contributed by atoms with Crippen molar-refractivity contribution in [3.63, 3.8) is 0 Å². The summed E-state index contributed by atoms with van der Waals surface area (Å²) in [5, 5.41) is 3.34. The van der Waals surface area contributed by atoms with Crippen LogP contribution in [0.25, 0.3) is 0 Å². The molecule has 26 heavy (non-hydrogen) atoms. The summed E-state index contributed by atoms with van der Waals surface area (Å²) in [7, 11) is 3.35. The molecule has 0 unspecified atom stereocenters. The summed E-state index contributed by atoms with van der Waals surface area (Å²) in [5.74, 6) is -0.201. The zero-order chi connectivity index (χ0) is 19.5. The Morgan fingerprint density at radius 1 is 1.42 bits per heavy atom. The zero-order valence-electron chi connectivity index (χ0n) is 15.3. The highest BCUT2D eigenvalue weighted by Crippen LogP contribution is 2.24. The number of carbonyl (C=O) groups excluding carboxylic acids is 3. The predicted octanol–water partition coefficient (Wildman–Crippen LogP) is 1.64. The van der Waals surface area contributed by atoms with Gasteiger partial charge in [0.15, 0.2) is 0 Å². The first kappa shape index (κ1) is 20.2. The van der Waals surface area contributed by atoms with Crippen LogP contribution in [-0.4, -0.2) is 54.0 Å². The van der Waals surface area contributed by atoms with E-state index in [0.29, 0.717) is 18.7 Å². The molecule has 0 aliphatic carbocycles. The van der Waals surface area contributed by atoms with E-state index in [1.165, 1.54) is 0 Å². The largest absolute Gasteiger partial charge is 0.496 e. The van der Waals surface area contributed by atoms with E-state index < -0.39 is 23.4 Å². The molecule has 9 heteroatoms. The first-order chi connectivity index (χ1) is 12.2. The number of ether oxygens (including phenoxy) is 1. The number of rotatable bonds is 7. The second kappa shape index (κ2) is 8.05. The molecule has 0 radical (unpaired) electrons. The van der Waals surface area contributed by atoms with Crippen LogP contribution in [0.3, 0.4) is 0 Å². The average molecular weight is 427 g/mol. The van der Waals surface area contributed by atoms with Crippen molar-refractivity contribution in [2.24, 2.45) is 0 Å². The Kier molecular flexibility index (Phi) is 6.25. The van der Waals surface area contributed by atoms with E-state index in [1.54, 1.807) is 32.9 Å². The lowest BCUT2D eigenvalue weighted by Gasteiger charge is -2.21. The molecule has 1 aliphatic rings. The summed E-state index contributed by atoms with van der Waals surface area (Å²) >= 11 is 3.41. The van der Waals surface area contributed by atoms with Crippen molar-refractivity contribution in [1.82, 2.24) is 20.7 Å². The van der Waals surface area contributed by atoms with Gasteiger partial charge in [-0.25, -0.2) is 4.79 Å². The van der Waals surface area contributed by atoms with Crippen molar-refractivity contribution >= 4 is 33.8 Å². The van der Waals surface area contributed by atoms with Crippen LogP contribution in [0.1, 0.15) is 25.8 Å². The fraction of sp³-hybridized carbons (Fsp3) is 0.471. The molecule has 142 valence electrons. The second-order valence-electron chi connectivity index (χ2n) is 6.42. The van der Waals surface area contributed by atoms with E-state index in [-0.39, 0.29) is 6.54 Å². The third-order valence-corrected chi connectivity index (χ3v) is 4.79. The Labute approximate surface area is 160 Å². The van der Waals surface area contributed by atoms with Gasteiger partial charge in [-0.1, -0.05) is 22.9 Å². The molecule has 0 bridgehead atoms. The number of nitrogens with one attached hydrogen (secondary N) is 2. The van der Waals surface area contributed by atoms with Crippen LogP contribution in [0.5, 0.6) is 5.75 Å². The highest BCUT2D eigenvalue weighted by molar-refractivity contribution is 9.10. The quantitative estimate of drug-likeness (QED) is 0.646. The molecule has 8 nitrogen and oxygen atoms in total. The van der Waals surface area contributed by atoms with Crippen LogP contribution in [0, 0.1) is 0 Å². The van der Waals surface area contributed by atoms with Crippen molar-refractivity contribution in [3.8, 4) is 5.75 Å². The number of methoxy groups -OCH3 is 1.